The van der Waals surface area contributed by atoms with E-state index in [1.54, 1.807) is 0 Å². The van der Waals surface area contributed by atoms with Crippen LogP contribution < -0.4 is 5.32 Å². The Morgan fingerprint density at radius 1 is 1.40 bits per heavy atom. The first-order valence-electron chi connectivity index (χ1n) is 6.15. The minimum atomic E-state index is -4.82. The van der Waals surface area contributed by atoms with E-state index < -0.39 is 29.0 Å². The van der Waals surface area contributed by atoms with Gasteiger partial charge in [-0.25, -0.2) is 4.39 Å². The van der Waals surface area contributed by atoms with E-state index in [1.165, 1.54) is 0 Å². The minimum absolute atomic E-state index is 0.159. The molecule has 20 heavy (non-hydrogen) atoms. The smallest absolute Gasteiger partial charge is 0.376 e. The molecule has 3 nitrogen and oxygen atoms in total. The van der Waals surface area contributed by atoms with Crippen LogP contribution in [-0.4, -0.2) is 25.2 Å². The van der Waals surface area contributed by atoms with Gasteiger partial charge in [0.05, 0.1) is 17.2 Å². The quantitative estimate of drug-likeness (QED) is 0.870. The average molecular weight is 291 g/mol. The van der Waals surface area contributed by atoms with Crippen molar-refractivity contribution in [1.82, 2.24) is 5.32 Å². The number of amides is 1. The van der Waals surface area contributed by atoms with Gasteiger partial charge in [0.1, 0.15) is 5.82 Å². The summed E-state index contributed by atoms with van der Waals surface area (Å²) < 4.78 is 56.6. The average Bonchev–Trinajstić information content (AvgIpc) is 2.88. The van der Waals surface area contributed by atoms with Gasteiger partial charge in [0.15, 0.2) is 0 Å². The maximum absolute atomic E-state index is 13.7. The molecule has 1 aromatic rings. The summed E-state index contributed by atoms with van der Waals surface area (Å²) in [6, 6.07) is 2.63. The number of nitrogens with one attached hydrogen (secondary N) is 1. The Morgan fingerprint density at radius 3 is 2.75 bits per heavy atom. The van der Waals surface area contributed by atoms with E-state index in [2.05, 4.69) is 5.32 Å². The summed E-state index contributed by atoms with van der Waals surface area (Å²) in [5.74, 6) is -2.42. The van der Waals surface area contributed by atoms with Crippen molar-refractivity contribution in [1.29, 1.82) is 0 Å². The molecule has 1 unspecified atom stereocenters. The van der Waals surface area contributed by atoms with E-state index in [4.69, 9.17) is 4.74 Å². The van der Waals surface area contributed by atoms with Gasteiger partial charge >= 0.3 is 6.18 Å². The van der Waals surface area contributed by atoms with Crippen molar-refractivity contribution in [3.63, 3.8) is 0 Å². The molecule has 0 bridgehead atoms. The molecular weight excluding hydrogens is 278 g/mol. The number of rotatable bonds is 3. The zero-order valence-corrected chi connectivity index (χ0v) is 10.5. The van der Waals surface area contributed by atoms with Gasteiger partial charge in [0.2, 0.25) is 0 Å². The molecule has 110 valence electrons. The number of alkyl halides is 3. The van der Waals surface area contributed by atoms with Gasteiger partial charge in [-0.15, -0.1) is 0 Å². The second-order valence-corrected chi connectivity index (χ2v) is 4.51. The van der Waals surface area contributed by atoms with Crippen LogP contribution in [0.2, 0.25) is 0 Å². The van der Waals surface area contributed by atoms with Gasteiger partial charge in [-0.3, -0.25) is 4.79 Å². The van der Waals surface area contributed by atoms with Gasteiger partial charge < -0.3 is 10.1 Å². The summed E-state index contributed by atoms with van der Waals surface area (Å²) in [6.07, 6.45) is -3.34. The molecule has 0 spiro atoms. The van der Waals surface area contributed by atoms with Crippen molar-refractivity contribution >= 4 is 5.91 Å². The van der Waals surface area contributed by atoms with Gasteiger partial charge in [0, 0.05) is 13.2 Å². The Labute approximate surface area is 112 Å². The van der Waals surface area contributed by atoms with Crippen LogP contribution in [0.1, 0.15) is 28.8 Å². The third kappa shape index (κ3) is 3.27. The highest BCUT2D eigenvalue weighted by molar-refractivity contribution is 5.94. The van der Waals surface area contributed by atoms with E-state index in [9.17, 15) is 22.4 Å². The van der Waals surface area contributed by atoms with E-state index in [1.807, 2.05) is 0 Å². The lowest BCUT2D eigenvalue weighted by Gasteiger charge is -2.13. The SMILES string of the molecule is O=C(NCC1CCCO1)c1cccc(C(F)(F)F)c1F. The van der Waals surface area contributed by atoms with Crippen LogP contribution in [-0.2, 0) is 10.9 Å². The predicted octanol–water partition coefficient (Wildman–Crippen LogP) is 2.75. The lowest BCUT2D eigenvalue weighted by Crippen LogP contribution is -2.32. The Bertz CT molecular complexity index is 496. The van der Waals surface area contributed by atoms with Gasteiger partial charge in [-0.05, 0) is 25.0 Å². The number of carbonyl (C=O) groups is 1. The monoisotopic (exact) mass is 291 g/mol. The summed E-state index contributed by atoms with van der Waals surface area (Å²) in [7, 11) is 0. The number of hydrogen-bond donors (Lipinski definition) is 1. The molecule has 1 saturated heterocycles. The van der Waals surface area contributed by atoms with E-state index >= 15 is 0 Å². The Morgan fingerprint density at radius 2 is 2.15 bits per heavy atom. The normalized spacial score (nSPS) is 19.1. The standard InChI is InChI=1S/C13H13F4NO2/c14-11-9(4-1-5-10(11)13(15,16)17)12(19)18-7-8-3-2-6-20-8/h1,4-5,8H,2-3,6-7H2,(H,18,19). The maximum atomic E-state index is 13.7. The van der Waals surface area contributed by atoms with Crippen LogP contribution >= 0.6 is 0 Å². The molecule has 1 aromatic carbocycles. The number of benzene rings is 1. The van der Waals surface area contributed by atoms with Crippen LogP contribution in [0, 0.1) is 5.82 Å². The second kappa shape index (κ2) is 5.78. The highest BCUT2D eigenvalue weighted by atomic mass is 19.4. The first-order chi connectivity index (χ1) is 9.39. The first-order valence-corrected chi connectivity index (χ1v) is 6.15. The van der Waals surface area contributed by atoms with Crippen LogP contribution in [0.5, 0.6) is 0 Å². The molecule has 1 fully saturated rings. The molecule has 0 radical (unpaired) electrons. The van der Waals surface area contributed by atoms with Crippen LogP contribution in [0.3, 0.4) is 0 Å². The number of carbonyl (C=O) groups excluding carboxylic acids is 1. The van der Waals surface area contributed by atoms with E-state index in [0.29, 0.717) is 12.7 Å². The second-order valence-electron chi connectivity index (χ2n) is 4.51. The van der Waals surface area contributed by atoms with Gasteiger partial charge in [-0.1, -0.05) is 6.07 Å². The molecule has 2 rings (SSSR count). The fraction of sp³-hybridized carbons (Fsp3) is 0.462. The summed E-state index contributed by atoms with van der Waals surface area (Å²) in [6.45, 7) is 0.757. The molecule has 0 aliphatic carbocycles. The number of ether oxygens (including phenoxy) is 1. The van der Waals surface area contributed by atoms with Crippen molar-refractivity contribution in [3.8, 4) is 0 Å². The van der Waals surface area contributed by atoms with E-state index in [0.717, 1.165) is 25.0 Å². The van der Waals surface area contributed by atoms with Crippen LogP contribution in [0.25, 0.3) is 0 Å². The molecule has 0 aromatic heterocycles. The summed E-state index contributed by atoms with van der Waals surface area (Å²) >= 11 is 0. The molecule has 1 aliphatic rings. The van der Waals surface area contributed by atoms with Gasteiger partial charge in [0.25, 0.3) is 5.91 Å². The lowest BCUT2D eigenvalue weighted by atomic mass is 10.1. The molecule has 0 saturated carbocycles. The lowest BCUT2D eigenvalue weighted by molar-refractivity contribution is -0.140. The maximum Gasteiger partial charge on any atom is 0.419 e. The Kier molecular flexibility index (Phi) is 4.27. The molecule has 1 N–H and O–H groups in total. The van der Waals surface area contributed by atoms with Crippen molar-refractivity contribution < 1.29 is 27.1 Å². The zero-order valence-electron chi connectivity index (χ0n) is 10.5. The van der Waals surface area contributed by atoms with Crippen molar-refractivity contribution in [2.45, 2.75) is 25.1 Å². The molecule has 1 heterocycles. The molecule has 1 atom stereocenters. The topological polar surface area (TPSA) is 38.3 Å². The van der Waals surface area contributed by atoms with Crippen molar-refractivity contribution in [3.05, 3.63) is 35.1 Å². The largest absolute Gasteiger partial charge is 0.419 e. The number of hydrogen-bond acceptors (Lipinski definition) is 2. The molecule has 1 aliphatic heterocycles. The minimum Gasteiger partial charge on any atom is -0.376 e. The Hall–Kier alpha value is -1.63. The summed E-state index contributed by atoms with van der Waals surface area (Å²) in [5.41, 5.74) is -2.06. The zero-order chi connectivity index (χ0) is 14.8. The van der Waals surface area contributed by atoms with Gasteiger partial charge in [-0.2, -0.15) is 13.2 Å². The van der Waals surface area contributed by atoms with Crippen LogP contribution in [0.15, 0.2) is 18.2 Å². The molecular formula is C13H13F4NO2. The predicted molar refractivity (Wildman–Crippen MR) is 62.7 cm³/mol. The summed E-state index contributed by atoms with van der Waals surface area (Å²) in [5, 5.41) is 2.39. The first kappa shape index (κ1) is 14.8. The number of halogens is 4. The fourth-order valence-corrected chi connectivity index (χ4v) is 2.03. The third-order valence-corrected chi connectivity index (χ3v) is 3.06. The highest BCUT2D eigenvalue weighted by Crippen LogP contribution is 2.32. The Balaban J connectivity index is 2.09. The summed E-state index contributed by atoms with van der Waals surface area (Å²) in [4.78, 5) is 11.7. The highest BCUT2D eigenvalue weighted by Gasteiger charge is 2.35. The van der Waals surface area contributed by atoms with Crippen molar-refractivity contribution in [2.75, 3.05) is 13.2 Å². The molecule has 1 amide bonds. The molecule has 7 heteroatoms. The van der Waals surface area contributed by atoms with E-state index in [-0.39, 0.29) is 12.6 Å². The van der Waals surface area contributed by atoms with Crippen LogP contribution in [0.4, 0.5) is 17.6 Å². The third-order valence-electron chi connectivity index (χ3n) is 3.06. The fourth-order valence-electron chi connectivity index (χ4n) is 2.03. The van der Waals surface area contributed by atoms with Crippen molar-refractivity contribution in [2.24, 2.45) is 0 Å².